The Hall–Kier alpha value is 0.730. The van der Waals surface area contributed by atoms with Crippen molar-refractivity contribution in [3.05, 3.63) is 0 Å². The molecule has 5 atom stereocenters. The van der Waals surface area contributed by atoms with Gasteiger partial charge in [0.15, 0.2) is 0 Å². The zero-order chi connectivity index (χ0) is 7.64. The van der Waals surface area contributed by atoms with Gasteiger partial charge in [-0.05, 0) is 48.9 Å². The molecule has 11 heavy (non-hydrogen) atoms. The van der Waals surface area contributed by atoms with Gasteiger partial charge in [-0.2, -0.15) is 0 Å². The zero-order valence-electron chi connectivity index (χ0n) is 7.02. The quantitative estimate of drug-likeness (QED) is 0.502. The second-order valence-electron chi connectivity index (χ2n) is 4.78. The third kappa shape index (κ3) is 0.606. The van der Waals surface area contributed by atoms with Gasteiger partial charge in [-0.3, -0.25) is 0 Å². The van der Waals surface area contributed by atoms with Gasteiger partial charge in [0.25, 0.3) is 0 Å². The number of hydrogen-bond acceptors (Lipinski definition) is 0. The topological polar surface area (TPSA) is 0 Å². The van der Waals surface area contributed by atoms with Crippen LogP contribution in [0.2, 0.25) is 0 Å². The molecule has 3 saturated carbocycles. The molecule has 0 bridgehead atoms. The van der Waals surface area contributed by atoms with E-state index in [-0.39, 0.29) is 0 Å². The van der Waals surface area contributed by atoms with Crippen LogP contribution in [-0.4, -0.2) is 3.92 Å². The molecular weight excluding hydrogens is 247 g/mol. The number of alkyl halides is 1. The normalized spacial score (nSPS) is 61.1. The Morgan fingerprint density at radius 3 is 2.00 bits per heavy atom. The van der Waals surface area contributed by atoms with Crippen molar-refractivity contribution in [2.45, 2.75) is 36.5 Å². The fourth-order valence-electron chi connectivity index (χ4n) is 4.09. The molecule has 0 aromatic carbocycles. The first-order chi connectivity index (χ1) is 5.26. The van der Waals surface area contributed by atoms with E-state index in [2.05, 4.69) is 29.5 Å². The summed E-state index contributed by atoms with van der Waals surface area (Å²) >= 11 is 2.63. The van der Waals surface area contributed by atoms with E-state index in [0.717, 1.165) is 15.3 Å². The number of halogens is 1. The molecule has 62 valence electrons. The van der Waals surface area contributed by atoms with Crippen molar-refractivity contribution >= 4 is 22.6 Å². The van der Waals surface area contributed by atoms with E-state index in [1.54, 1.807) is 25.7 Å². The van der Waals surface area contributed by atoms with Crippen molar-refractivity contribution in [2.75, 3.05) is 0 Å². The highest BCUT2D eigenvalue weighted by molar-refractivity contribution is 14.1. The van der Waals surface area contributed by atoms with E-state index in [9.17, 15) is 0 Å². The van der Waals surface area contributed by atoms with Gasteiger partial charge < -0.3 is 0 Å². The van der Waals surface area contributed by atoms with Crippen LogP contribution in [0.4, 0.5) is 0 Å². The second-order valence-corrected chi connectivity index (χ2v) is 6.74. The molecule has 1 spiro atoms. The van der Waals surface area contributed by atoms with Gasteiger partial charge in [-0.25, -0.2) is 0 Å². The Labute approximate surface area is 82.3 Å². The van der Waals surface area contributed by atoms with Crippen LogP contribution in [0.5, 0.6) is 0 Å². The Bertz CT molecular complexity index is 179. The molecule has 0 radical (unpaired) electrons. The van der Waals surface area contributed by atoms with Crippen LogP contribution < -0.4 is 0 Å². The summed E-state index contributed by atoms with van der Waals surface area (Å²) in [7, 11) is 0. The average molecular weight is 262 g/mol. The van der Waals surface area contributed by atoms with E-state index in [4.69, 9.17) is 0 Å². The van der Waals surface area contributed by atoms with Gasteiger partial charge in [0, 0.05) is 3.92 Å². The van der Waals surface area contributed by atoms with Crippen LogP contribution in [-0.2, 0) is 0 Å². The highest BCUT2D eigenvalue weighted by atomic mass is 127. The molecular formula is C10H15I. The molecule has 0 aliphatic heterocycles. The van der Waals surface area contributed by atoms with E-state index in [1.807, 2.05) is 0 Å². The summed E-state index contributed by atoms with van der Waals surface area (Å²) in [6, 6.07) is 0. The van der Waals surface area contributed by atoms with Gasteiger partial charge >= 0.3 is 0 Å². The van der Waals surface area contributed by atoms with Crippen LogP contribution in [0.1, 0.15) is 32.6 Å². The van der Waals surface area contributed by atoms with Crippen molar-refractivity contribution in [3.8, 4) is 0 Å². The van der Waals surface area contributed by atoms with Crippen molar-refractivity contribution < 1.29 is 0 Å². The van der Waals surface area contributed by atoms with Crippen LogP contribution in [0.15, 0.2) is 0 Å². The maximum Gasteiger partial charge on any atom is 0.0115 e. The first kappa shape index (κ1) is 7.16. The van der Waals surface area contributed by atoms with E-state index >= 15 is 0 Å². The summed E-state index contributed by atoms with van der Waals surface area (Å²) in [6.45, 7) is 2.41. The van der Waals surface area contributed by atoms with Crippen molar-refractivity contribution in [1.29, 1.82) is 0 Å². The monoisotopic (exact) mass is 262 g/mol. The van der Waals surface area contributed by atoms with Crippen molar-refractivity contribution in [3.63, 3.8) is 0 Å². The Balaban J connectivity index is 1.82. The lowest BCUT2D eigenvalue weighted by molar-refractivity contribution is -0.264. The zero-order valence-corrected chi connectivity index (χ0v) is 9.17. The Kier molecular flexibility index (Phi) is 1.28. The first-order valence-electron chi connectivity index (χ1n) is 4.90. The van der Waals surface area contributed by atoms with E-state index in [0.29, 0.717) is 0 Å². The maximum atomic E-state index is 2.63. The molecule has 3 unspecified atom stereocenters. The average Bonchev–Trinajstić information content (AvgIpc) is 1.81. The fraction of sp³-hybridized carbons (Fsp3) is 1.00. The van der Waals surface area contributed by atoms with Gasteiger partial charge in [-0.1, -0.05) is 29.5 Å². The lowest BCUT2D eigenvalue weighted by Crippen LogP contribution is -2.70. The smallest absolute Gasteiger partial charge is 0.0115 e. The van der Waals surface area contributed by atoms with E-state index < -0.39 is 0 Å². The Morgan fingerprint density at radius 1 is 1.27 bits per heavy atom. The van der Waals surface area contributed by atoms with Crippen molar-refractivity contribution in [1.82, 2.24) is 0 Å². The van der Waals surface area contributed by atoms with Crippen LogP contribution in [0.3, 0.4) is 0 Å². The molecule has 3 fully saturated rings. The summed E-state index contributed by atoms with van der Waals surface area (Å²) in [5.41, 5.74) is 0.949. The molecule has 0 N–H and O–H groups in total. The predicted octanol–water partition coefficient (Wildman–Crippen LogP) is 3.25. The van der Waals surface area contributed by atoms with Gasteiger partial charge in [0.2, 0.25) is 0 Å². The number of hydrogen-bond donors (Lipinski definition) is 0. The summed E-state index contributed by atoms with van der Waals surface area (Å²) in [5.74, 6) is 3.47. The lowest BCUT2D eigenvalue weighted by Gasteiger charge is -2.76. The highest BCUT2D eigenvalue weighted by Crippen LogP contribution is 2.78. The predicted molar refractivity (Wildman–Crippen MR) is 54.9 cm³/mol. The third-order valence-electron chi connectivity index (χ3n) is 4.78. The van der Waals surface area contributed by atoms with E-state index in [1.165, 1.54) is 11.8 Å². The third-order valence-corrected chi connectivity index (χ3v) is 5.61. The molecule has 0 saturated heterocycles. The van der Waals surface area contributed by atoms with Crippen LogP contribution >= 0.6 is 22.6 Å². The maximum absolute atomic E-state index is 2.63. The van der Waals surface area contributed by atoms with Gasteiger partial charge in [0.05, 0.1) is 0 Å². The second kappa shape index (κ2) is 1.97. The molecule has 1 heteroatoms. The lowest BCUT2D eigenvalue weighted by atomic mass is 9.29. The minimum absolute atomic E-state index is 0.941. The van der Waals surface area contributed by atoms with Gasteiger partial charge in [-0.15, -0.1) is 0 Å². The molecule has 3 aliphatic carbocycles. The molecule has 0 aromatic heterocycles. The minimum Gasteiger partial charge on any atom is -0.0826 e. The number of rotatable bonds is 1. The van der Waals surface area contributed by atoms with Crippen LogP contribution in [0.25, 0.3) is 0 Å². The summed E-state index contributed by atoms with van der Waals surface area (Å²) < 4.78 is 0.941. The van der Waals surface area contributed by atoms with Crippen LogP contribution in [0, 0.1) is 23.2 Å². The first-order valence-corrected chi connectivity index (χ1v) is 6.14. The molecule has 0 nitrogen and oxygen atoms in total. The fourth-order valence-corrected chi connectivity index (χ4v) is 5.09. The summed E-state index contributed by atoms with van der Waals surface area (Å²) in [5, 5.41) is 0. The Morgan fingerprint density at radius 2 is 1.82 bits per heavy atom. The van der Waals surface area contributed by atoms with Crippen molar-refractivity contribution in [2.24, 2.45) is 23.2 Å². The summed E-state index contributed by atoms with van der Waals surface area (Å²) in [4.78, 5) is 0. The largest absolute Gasteiger partial charge is 0.0826 e. The molecule has 3 aliphatic rings. The SMILES string of the molecule is CC(I)C1[C@H]2CCC23CC[C@@H]13. The standard InChI is InChI=1S/C10H15I/c1-6(11)9-7-2-4-10(7)5-3-8(9)10/h6-9H,2-5H2,1H3/t6?,7-,8+,9?,10?. The minimum atomic E-state index is 0.941. The summed E-state index contributed by atoms with van der Waals surface area (Å²) in [6.07, 6.45) is 6.30. The molecule has 0 amide bonds. The van der Waals surface area contributed by atoms with Gasteiger partial charge in [0.1, 0.15) is 0 Å². The molecule has 0 aromatic rings. The molecule has 0 heterocycles. The molecule has 3 rings (SSSR count). The highest BCUT2D eigenvalue weighted by Gasteiger charge is 2.71.